The van der Waals surface area contributed by atoms with Gasteiger partial charge in [0.25, 0.3) is 11.6 Å². The number of carbonyl (C=O) groups excluding carboxylic acids is 1. The van der Waals surface area contributed by atoms with Crippen LogP contribution in [0.2, 0.25) is 0 Å². The van der Waals surface area contributed by atoms with Crippen molar-refractivity contribution >= 4 is 28.7 Å². The summed E-state index contributed by atoms with van der Waals surface area (Å²) in [7, 11) is 0. The predicted molar refractivity (Wildman–Crippen MR) is 114 cm³/mol. The van der Waals surface area contributed by atoms with Crippen molar-refractivity contribution in [2.24, 2.45) is 0 Å². The number of nitrogens with one attached hydrogen (secondary N) is 1. The van der Waals surface area contributed by atoms with Crippen LogP contribution in [0.15, 0.2) is 66.0 Å². The molecule has 0 atom stereocenters. The van der Waals surface area contributed by atoms with E-state index in [4.69, 9.17) is 0 Å². The van der Waals surface area contributed by atoms with E-state index in [1.54, 1.807) is 30.5 Å². The van der Waals surface area contributed by atoms with Crippen LogP contribution in [-0.2, 0) is 6.42 Å². The Bertz CT molecular complexity index is 1200. The third kappa shape index (κ3) is 4.26. The number of thiazole rings is 1. The first kappa shape index (κ1) is 19.5. The number of nitro benzene ring substituents is 1. The van der Waals surface area contributed by atoms with Crippen molar-refractivity contribution in [2.75, 3.05) is 5.32 Å². The Morgan fingerprint density at radius 3 is 2.60 bits per heavy atom. The summed E-state index contributed by atoms with van der Waals surface area (Å²) in [5.41, 5.74) is 2.76. The Hall–Kier alpha value is -3.85. The Morgan fingerprint density at radius 1 is 1.17 bits per heavy atom. The lowest BCUT2D eigenvalue weighted by Crippen LogP contribution is -2.15. The molecule has 0 unspecified atom stereocenters. The quantitative estimate of drug-likeness (QED) is 0.369. The number of nitrogens with zero attached hydrogens (tertiary/aromatic N) is 4. The van der Waals surface area contributed by atoms with Crippen molar-refractivity contribution in [3.8, 4) is 5.69 Å². The molecule has 8 nitrogen and oxygen atoms in total. The molecule has 150 valence electrons. The molecule has 0 aliphatic heterocycles. The van der Waals surface area contributed by atoms with E-state index in [2.05, 4.69) is 15.4 Å². The lowest BCUT2D eigenvalue weighted by molar-refractivity contribution is -0.384. The SMILES string of the molecule is Cc1cc(NC(=O)c2csc(Cc3ccccc3)n2)n(-c2ccc([N+](=O)[O-])cc2)n1. The molecular weight excluding hydrogens is 402 g/mol. The maximum Gasteiger partial charge on any atom is 0.276 e. The van der Waals surface area contributed by atoms with Crippen LogP contribution in [-0.4, -0.2) is 25.6 Å². The van der Waals surface area contributed by atoms with Gasteiger partial charge in [-0.05, 0) is 24.6 Å². The predicted octanol–water partition coefficient (Wildman–Crippen LogP) is 4.39. The van der Waals surface area contributed by atoms with Crippen LogP contribution in [0.25, 0.3) is 5.69 Å². The minimum atomic E-state index is -0.462. The monoisotopic (exact) mass is 419 g/mol. The van der Waals surface area contributed by atoms with Crippen LogP contribution in [0.1, 0.15) is 26.8 Å². The number of rotatable bonds is 6. The molecule has 0 saturated heterocycles. The smallest absolute Gasteiger partial charge is 0.276 e. The highest BCUT2D eigenvalue weighted by Crippen LogP contribution is 2.21. The molecule has 0 saturated carbocycles. The summed E-state index contributed by atoms with van der Waals surface area (Å²) >= 11 is 1.44. The average Bonchev–Trinajstić information content (AvgIpc) is 3.35. The fourth-order valence-electron chi connectivity index (χ4n) is 2.95. The van der Waals surface area contributed by atoms with E-state index < -0.39 is 4.92 Å². The van der Waals surface area contributed by atoms with Crippen molar-refractivity contribution < 1.29 is 9.72 Å². The van der Waals surface area contributed by atoms with Crippen LogP contribution in [0.3, 0.4) is 0 Å². The third-order valence-electron chi connectivity index (χ3n) is 4.36. The first-order chi connectivity index (χ1) is 14.5. The summed E-state index contributed by atoms with van der Waals surface area (Å²) in [5, 5.41) is 20.7. The van der Waals surface area contributed by atoms with Crippen LogP contribution in [0, 0.1) is 17.0 Å². The summed E-state index contributed by atoms with van der Waals surface area (Å²) in [6.45, 7) is 1.80. The number of hydrogen-bond acceptors (Lipinski definition) is 6. The van der Waals surface area contributed by atoms with E-state index in [1.807, 2.05) is 30.3 Å². The first-order valence-corrected chi connectivity index (χ1v) is 9.99. The Labute approximate surface area is 176 Å². The van der Waals surface area contributed by atoms with E-state index in [0.29, 0.717) is 29.3 Å². The third-order valence-corrected chi connectivity index (χ3v) is 5.21. The largest absolute Gasteiger partial charge is 0.305 e. The number of nitro groups is 1. The fourth-order valence-corrected chi connectivity index (χ4v) is 3.76. The van der Waals surface area contributed by atoms with Gasteiger partial charge in [0.15, 0.2) is 0 Å². The van der Waals surface area contributed by atoms with Gasteiger partial charge in [0.05, 0.1) is 21.3 Å². The van der Waals surface area contributed by atoms with Gasteiger partial charge in [-0.15, -0.1) is 11.3 Å². The van der Waals surface area contributed by atoms with Crippen LogP contribution < -0.4 is 5.32 Å². The number of aromatic nitrogens is 3. The second-order valence-electron chi connectivity index (χ2n) is 6.60. The number of amides is 1. The molecular formula is C21H17N5O3S. The number of hydrogen-bond donors (Lipinski definition) is 1. The summed E-state index contributed by atoms with van der Waals surface area (Å²) in [6.07, 6.45) is 0.665. The zero-order valence-electron chi connectivity index (χ0n) is 16.0. The molecule has 0 fully saturated rings. The Morgan fingerprint density at radius 2 is 1.90 bits per heavy atom. The van der Waals surface area contributed by atoms with Crippen molar-refractivity contribution in [3.63, 3.8) is 0 Å². The number of non-ortho nitro benzene ring substituents is 1. The van der Waals surface area contributed by atoms with E-state index in [-0.39, 0.29) is 11.6 Å². The molecule has 2 aromatic carbocycles. The lowest BCUT2D eigenvalue weighted by atomic mass is 10.2. The second kappa shape index (κ2) is 8.26. The molecule has 2 heterocycles. The van der Waals surface area contributed by atoms with Crippen LogP contribution >= 0.6 is 11.3 Å². The molecule has 4 rings (SSSR count). The molecule has 0 spiro atoms. The van der Waals surface area contributed by atoms with Crippen molar-refractivity contribution in [2.45, 2.75) is 13.3 Å². The molecule has 0 aliphatic rings. The molecule has 1 N–H and O–H groups in total. The minimum absolute atomic E-state index is 0.0124. The molecule has 2 aromatic heterocycles. The van der Waals surface area contributed by atoms with Gasteiger partial charge in [-0.3, -0.25) is 14.9 Å². The highest BCUT2D eigenvalue weighted by molar-refractivity contribution is 7.09. The van der Waals surface area contributed by atoms with E-state index in [0.717, 1.165) is 10.6 Å². The van der Waals surface area contributed by atoms with Crippen molar-refractivity contribution in [1.82, 2.24) is 14.8 Å². The maximum absolute atomic E-state index is 12.7. The van der Waals surface area contributed by atoms with E-state index >= 15 is 0 Å². The fraction of sp³-hybridized carbons (Fsp3) is 0.0952. The second-order valence-corrected chi connectivity index (χ2v) is 7.54. The summed E-state index contributed by atoms with van der Waals surface area (Å²) < 4.78 is 1.54. The summed E-state index contributed by atoms with van der Waals surface area (Å²) in [5.74, 6) is 0.123. The highest BCUT2D eigenvalue weighted by atomic mass is 32.1. The van der Waals surface area contributed by atoms with Gasteiger partial charge in [0.2, 0.25) is 0 Å². The minimum Gasteiger partial charge on any atom is -0.305 e. The topological polar surface area (TPSA) is 103 Å². The van der Waals surface area contributed by atoms with Gasteiger partial charge >= 0.3 is 0 Å². The lowest BCUT2D eigenvalue weighted by Gasteiger charge is -2.08. The number of anilines is 1. The van der Waals surface area contributed by atoms with E-state index in [9.17, 15) is 14.9 Å². The summed E-state index contributed by atoms with van der Waals surface area (Å²) in [6, 6.07) is 17.6. The molecule has 9 heteroatoms. The molecule has 1 amide bonds. The van der Waals surface area contributed by atoms with Crippen molar-refractivity contribution in [1.29, 1.82) is 0 Å². The van der Waals surface area contributed by atoms with Crippen molar-refractivity contribution in [3.05, 3.63) is 98.1 Å². The Kier molecular flexibility index (Phi) is 5.36. The molecule has 0 radical (unpaired) electrons. The average molecular weight is 419 g/mol. The molecule has 0 aliphatic carbocycles. The van der Waals surface area contributed by atoms with Gasteiger partial charge in [0.1, 0.15) is 11.5 Å². The van der Waals surface area contributed by atoms with Gasteiger partial charge < -0.3 is 5.32 Å². The van der Waals surface area contributed by atoms with Crippen LogP contribution in [0.4, 0.5) is 11.5 Å². The normalized spacial score (nSPS) is 10.7. The maximum atomic E-state index is 12.7. The van der Waals surface area contributed by atoms with Gasteiger partial charge in [0, 0.05) is 30.0 Å². The standard InChI is InChI=1S/C21H17N5O3S/c1-14-11-19(25(24-14)16-7-9-17(10-8-16)26(28)29)23-21(27)18-13-30-20(22-18)12-15-5-3-2-4-6-15/h2-11,13H,12H2,1H3,(H,23,27). The molecule has 0 bridgehead atoms. The molecule has 30 heavy (non-hydrogen) atoms. The first-order valence-electron chi connectivity index (χ1n) is 9.11. The zero-order valence-corrected chi connectivity index (χ0v) is 16.8. The molecule has 4 aromatic rings. The highest BCUT2D eigenvalue weighted by Gasteiger charge is 2.16. The number of carbonyl (C=O) groups is 1. The number of benzene rings is 2. The van der Waals surface area contributed by atoms with E-state index in [1.165, 1.54) is 28.2 Å². The zero-order chi connectivity index (χ0) is 21.1. The van der Waals surface area contributed by atoms with Crippen LogP contribution in [0.5, 0.6) is 0 Å². The van der Waals surface area contributed by atoms with Gasteiger partial charge in [-0.1, -0.05) is 30.3 Å². The Balaban J connectivity index is 1.52. The van der Waals surface area contributed by atoms with Gasteiger partial charge in [-0.2, -0.15) is 5.10 Å². The number of aryl methyl sites for hydroxylation is 1. The summed E-state index contributed by atoms with van der Waals surface area (Å²) in [4.78, 5) is 27.6. The van der Waals surface area contributed by atoms with Gasteiger partial charge in [-0.25, -0.2) is 9.67 Å².